The predicted octanol–water partition coefficient (Wildman–Crippen LogP) is 5.40. The molecule has 0 radical (unpaired) electrons. The maximum atomic E-state index is 12.7. The van der Waals surface area contributed by atoms with Gasteiger partial charge in [0.05, 0.1) is 11.3 Å². The lowest BCUT2D eigenvalue weighted by atomic mass is 10.1. The normalized spacial score (nSPS) is 12.5. The van der Waals surface area contributed by atoms with Crippen LogP contribution in [0.1, 0.15) is 29.3 Å². The largest absolute Gasteiger partial charge is 0.486 e. The zero-order valence-corrected chi connectivity index (χ0v) is 15.2. The van der Waals surface area contributed by atoms with Gasteiger partial charge in [-0.3, -0.25) is 4.98 Å². The Morgan fingerprint density at radius 3 is 2.25 bits per heavy atom. The number of pyridine rings is 1. The van der Waals surface area contributed by atoms with E-state index < -0.39 is 11.7 Å². The van der Waals surface area contributed by atoms with Crippen molar-refractivity contribution >= 4 is 0 Å². The highest BCUT2D eigenvalue weighted by atomic mass is 19.4. The number of alkyl halides is 3. The molecule has 3 nitrogen and oxygen atoms in total. The molecule has 6 heteroatoms. The summed E-state index contributed by atoms with van der Waals surface area (Å²) in [6.07, 6.45) is -2.21. The Hall–Kier alpha value is -2.86. The monoisotopic (exact) mass is 386 g/mol. The Labute approximate surface area is 162 Å². The Morgan fingerprint density at radius 2 is 1.61 bits per heavy atom. The average molecular weight is 386 g/mol. The molecule has 28 heavy (non-hydrogen) atoms. The second kappa shape index (κ2) is 9.37. The van der Waals surface area contributed by atoms with Gasteiger partial charge in [-0.1, -0.05) is 36.4 Å². The molecule has 1 unspecified atom stereocenters. The summed E-state index contributed by atoms with van der Waals surface area (Å²) in [6, 6.07) is 20.2. The van der Waals surface area contributed by atoms with E-state index in [0.29, 0.717) is 25.3 Å². The molecule has 0 saturated carbocycles. The van der Waals surface area contributed by atoms with Crippen molar-refractivity contribution in [3.63, 3.8) is 0 Å². The highest BCUT2D eigenvalue weighted by Gasteiger charge is 2.30. The summed E-state index contributed by atoms with van der Waals surface area (Å²) in [5, 5.41) is 3.33. The Kier molecular flexibility index (Phi) is 6.66. The first-order chi connectivity index (χ1) is 13.5. The number of hydrogen-bond acceptors (Lipinski definition) is 3. The summed E-state index contributed by atoms with van der Waals surface area (Å²) in [5.41, 5.74) is 1.23. The molecule has 2 aromatic carbocycles. The van der Waals surface area contributed by atoms with Gasteiger partial charge in [0.25, 0.3) is 0 Å². The maximum absolute atomic E-state index is 12.7. The van der Waals surface area contributed by atoms with Crippen molar-refractivity contribution in [2.75, 3.05) is 6.54 Å². The van der Waals surface area contributed by atoms with Crippen LogP contribution in [0.3, 0.4) is 0 Å². The van der Waals surface area contributed by atoms with Gasteiger partial charge in [-0.05, 0) is 48.5 Å². The molecule has 0 aliphatic heterocycles. The van der Waals surface area contributed by atoms with E-state index in [1.54, 1.807) is 6.20 Å². The highest BCUT2D eigenvalue weighted by Crippen LogP contribution is 2.31. The number of rotatable bonds is 8. The Morgan fingerprint density at radius 1 is 0.893 bits per heavy atom. The van der Waals surface area contributed by atoms with E-state index in [9.17, 15) is 13.2 Å². The zero-order valence-electron chi connectivity index (χ0n) is 15.2. The fourth-order valence-electron chi connectivity index (χ4n) is 2.80. The van der Waals surface area contributed by atoms with E-state index >= 15 is 0 Å². The molecule has 0 aliphatic carbocycles. The first kappa shape index (κ1) is 19.9. The first-order valence-corrected chi connectivity index (χ1v) is 9.02. The van der Waals surface area contributed by atoms with Gasteiger partial charge >= 0.3 is 6.18 Å². The lowest BCUT2D eigenvalue weighted by Gasteiger charge is -2.20. The number of benzene rings is 2. The van der Waals surface area contributed by atoms with Crippen LogP contribution in [0, 0.1) is 0 Å². The van der Waals surface area contributed by atoms with Crippen LogP contribution in [-0.4, -0.2) is 11.5 Å². The van der Waals surface area contributed by atoms with Gasteiger partial charge in [-0.15, -0.1) is 0 Å². The van der Waals surface area contributed by atoms with E-state index in [1.807, 2.05) is 48.5 Å². The van der Waals surface area contributed by atoms with Crippen LogP contribution in [0.5, 0.6) is 5.75 Å². The van der Waals surface area contributed by atoms with Gasteiger partial charge in [0, 0.05) is 19.2 Å². The number of nitrogens with one attached hydrogen (secondary N) is 1. The van der Waals surface area contributed by atoms with Gasteiger partial charge < -0.3 is 10.1 Å². The summed E-state index contributed by atoms with van der Waals surface area (Å²) in [5.74, 6) is 0.409. The van der Waals surface area contributed by atoms with Gasteiger partial charge in [-0.2, -0.15) is 13.2 Å². The van der Waals surface area contributed by atoms with Crippen molar-refractivity contribution in [3.05, 3.63) is 95.8 Å². The number of ether oxygens (including phenoxy) is 1. The summed E-state index contributed by atoms with van der Waals surface area (Å²) in [7, 11) is 0. The number of halogens is 3. The lowest BCUT2D eigenvalue weighted by Crippen LogP contribution is -2.20. The first-order valence-electron chi connectivity index (χ1n) is 9.02. The van der Waals surface area contributed by atoms with Gasteiger partial charge in [0.1, 0.15) is 11.9 Å². The minimum absolute atomic E-state index is 0.269. The molecule has 0 aliphatic rings. The summed E-state index contributed by atoms with van der Waals surface area (Å²) in [6.45, 7) is 1.32. The molecule has 1 heterocycles. The third kappa shape index (κ3) is 5.82. The molecule has 0 fully saturated rings. The van der Waals surface area contributed by atoms with Crippen molar-refractivity contribution in [2.24, 2.45) is 0 Å². The Balaban J connectivity index is 1.62. The van der Waals surface area contributed by atoms with E-state index in [-0.39, 0.29) is 6.10 Å². The van der Waals surface area contributed by atoms with Crippen molar-refractivity contribution < 1.29 is 17.9 Å². The molecule has 146 valence electrons. The molecule has 3 rings (SSSR count). The lowest BCUT2D eigenvalue weighted by molar-refractivity contribution is -0.137. The van der Waals surface area contributed by atoms with E-state index in [0.717, 1.165) is 23.4 Å². The minimum atomic E-state index is -4.35. The van der Waals surface area contributed by atoms with Gasteiger partial charge in [-0.25, -0.2) is 0 Å². The van der Waals surface area contributed by atoms with E-state index in [1.165, 1.54) is 12.1 Å². The second-order valence-electron chi connectivity index (χ2n) is 6.33. The molecule has 0 bridgehead atoms. The smallest absolute Gasteiger partial charge is 0.416 e. The third-order valence-electron chi connectivity index (χ3n) is 4.25. The van der Waals surface area contributed by atoms with Gasteiger partial charge in [0.2, 0.25) is 0 Å². The topological polar surface area (TPSA) is 34.1 Å². The van der Waals surface area contributed by atoms with Crippen LogP contribution in [0.2, 0.25) is 0 Å². The van der Waals surface area contributed by atoms with Gasteiger partial charge in [0.15, 0.2) is 0 Å². The maximum Gasteiger partial charge on any atom is 0.416 e. The van der Waals surface area contributed by atoms with Crippen LogP contribution in [0.25, 0.3) is 0 Å². The van der Waals surface area contributed by atoms with Crippen LogP contribution in [0.15, 0.2) is 79.0 Å². The van der Waals surface area contributed by atoms with E-state index in [4.69, 9.17) is 4.74 Å². The number of nitrogens with zero attached hydrogens (tertiary/aromatic N) is 1. The van der Waals surface area contributed by atoms with Crippen molar-refractivity contribution in [3.8, 4) is 5.75 Å². The molecule has 1 atom stereocenters. The average Bonchev–Trinajstić information content (AvgIpc) is 2.71. The fourth-order valence-corrected chi connectivity index (χ4v) is 2.80. The zero-order chi connectivity index (χ0) is 19.8. The molecule has 1 aromatic heterocycles. The van der Waals surface area contributed by atoms with Crippen LogP contribution < -0.4 is 10.1 Å². The fraction of sp³-hybridized carbons (Fsp3) is 0.227. The predicted molar refractivity (Wildman–Crippen MR) is 102 cm³/mol. The number of hydrogen-bond donors (Lipinski definition) is 1. The molecule has 0 saturated heterocycles. The van der Waals surface area contributed by atoms with Crippen LogP contribution in [-0.2, 0) is 12.7 Å². The quantitative estimate of drug-likeness (QED) is 0.526. The van der Waals surface area contributed by atoms with Crippen molar-refractivity contribution in [1.29, 1.82) is 0 Å². The molecule has 1 N–H and O–H groups in total. The summed E-state index contributed by atoms with van der Waals surface area (Å²) in [4.78, 5) is 4.26. The minimum Gasteiger partial charge on any atom is -0.486 e. The molecule has 3 aromatic rings. The molecule has 0 amide bonds. The van der Waals surface area contributed by atoms with Crippen molar-refractivity contribution in [2.45, 2.75) is 25.2 Å². The molecular formula is C22H21F3N2O. The Bertz CT molecular complexity index is 837. The SMILES string of the molecule is FC(F)(F)c1ccc(OC(CCNCc2ccccn2)c2ccccc2)cc1. The third-order valence-corrected chi connectivity index (χ3v) is 4.25. The molecule has 0 spiro atoms. The summed E-state index contributed by atoms with van der Waals surface area (Å²) >= 11 is 0. The van der Waals surface area contributed by atoms with E-state index in [2.05, 4.69) is 10.3 Å². The molecular weight excluding hydrogens is 365 g/mol. The highest BCUT2D eigenvalue weighted by molar-refractivity contribution is 5.30. The van der Waals surface area contributed by atoms with Crippen molar-refractivity contribution in [1.82, 2.24) is 10.3 Å². The second-order valence-corrected chi connectivity index (χ2v) is 6.33. The number of aromatic nitrogens is 1. The van der Waals surface area contributed by atoms with Crippen LogP contribution in [0.4, 0.5) is 13.2 Å². The van der Waals surface area contributed by atoms with Crippen LogP contribution >= 0.6 is 0 Å². The summed E-state index contributed by atoms with van der Waals surface area (Å²) < 4.78 is 44.2. The standard InChI is InChI=1S/C22H21F3N2O/c23-22(24,25)18-9-11-20(12-10-18)28-21(17-6-2-1-3-7-17)13-15-26-16-19-8-4-5-14-27-19/h1-12,14,21,26H,13,15-16H2.